The van der Waals surface area contributed by atoms with Crippen molar-refractivity contribution in [3.8, 4) is 0 Å². The van der Waals surface area contributed by atoms with Crippen LogP contribution in [0.15, 0.2) is 24.3 Å². The first-order valence-corrected chi connectivity index (χ1v) is 7.71. The van der Waals surface area contributed by atoms with Crippen molar-refractivity contribution in [1.29, 1.82) is 0 Å². The number of hydrogen-bond acceptors (Lipinski definition) is 3. The molecule has 2 rings (SSSR count). The number of carbonyl (C=O) groups is 2. The Morgan fingerprint density at radius 2 is 1.86 bits per heavy atom. The van der Waals surface area contributed by atoms with E-state index in [2.05, 4.69) is 45.0 Å². The summed E-state index contributed by atoms with van der Waals surface area (Å²) in [4.78, 5) is 25.6. The third kappa shape index (κ3) is 3.32. The molecule has 1 fully saturated rings. The van der Waals surface area contributed by atoms with Crippen LogP contribution in [-0.4, -0.2) is 30.4 Å². The van der Waals surface area contributed by atoms with Crippen molar-refractivity contribution in [3.05, 3.63) is 35.4 Å². The fourth-order valence-corrected chi connectivity index (χ4v) is 2.87. The van der Waals surface area contributed by atoms with Gasteiger partial charge in [0.05, 0.1) is 19.1 Å². The number of methoxy groups -OCH3 is 1. The van der Waals surface area contributed by atoms with E-state index in [0.29, 0.717) is 6.54 Å². The van der Waals surface area contributed by atoms with E-state index < -0.39 is 0 Å². The number of hydrogen-bond donors (Lipinski definition) is 0. The van der Waals surface area contributed by atoms with Crippen LogP contribution >= 0.6 is 0 Å². The zero-order valence-corrected chi connectivity index (χ0v) is 14.1. The average molecular weight is 303 g/mol. The first-order valence-electron chi connectivity index (χ1n) is 7.71. The van der Waals surface area contributed by atoms with Crippen LogP contribution in [0, 0.1) is 5.92 Å². The molecular weight excluding hydrogens is 278 g/mol. The largest absolute Gasteiger partial charge is 0.469 e. The van der Waals surface area contributed by atoms with Gasteiger partial charge in [-0.1, -0.05) is 45.0 Å². The monoisotopic (exact) mass is 303 g/mol. The molecule has 2 unspecified atom stereocenters. The molecule has 0 spiro atoms. The lowest BCUT2D eigenvalue weighted by molar-refractivity contribution is -0.145. The summed E-state index contributed by atoms with van der Waals surface area (Å²) in [6.45, 7) is 8.97. The molecule has 1 aliphatic rings. The molecule has 1 amide bonds. The highest BCUT2D eigenvalue weighted by Gasteiger charge is 2.37. The van der Waals surface area contributed by atoms with E-state index in [4.69, 9.17) is 4.74 Å². The van der Waals surface area contributed by atoms with Crippen molar-refractivity contribution in [1.82, 2.24) is 4.90 Å². The molecule has 1 aliphatic heterocycles. The third-order valence-corrected chi connectivity index (χ3v) is 4.42. The number of esters is 1. The van der Waals surface area contributed by atoms with Crippen molar-refractivity contribution in [2.75, 3.05) is 13.7 Å². The lowest BCUT2D eigenvalue weighted by Gasteiger charge is -2.26. The van der Waals surface area contributed by atoms with Crippen molar-refractivity contribution in [3.63, 3.8) is 0 Å². The topological polar surface area (TPSA) is 46.6 Å². The molecule has 1 aromatic rings. The van der Waals surface area contributed by atoms with Crippen molar-refractivity contribution >= 4 is 11.9 Å². The van der Waals surface area contributed by atoms with E-state index in [1.165, 1.54) is 12.7 Å². The lowest BCUT2D eigenvalue weighted by atomic mass is 9.86. The Hall–Kier alpha value is -1.84. The second-order valence-electron chi connectivity index (χ2n) is 7.02. The standard InChI is InChI=1S/C18H25NO3/c1-12(13-6-8-15(9-7-13)18(2,3)4)19-11-14(10-16(19)20)17(21)22-5/h6-9,12,14H,10-11H2,1-5H3. The molecule has 1 heterocycles. The van der Waals surface area contributed by atoms with Crippen molar-refractivity contribution in [2.24, 2.45) is 5.92 Å². The van der Waals surface area contributed by atoms with Gasteiger partial charge in [-0.15, -0.1) is 0 Å². The minimum Gasteiger partial charge on any atom is -0.469 e. The Kier molecular flexibility index (Phi) is 4.59. The van der Waals surface area contributed by atoms with Gasteiger partial charge in [-0.2, -0.15) is 0 Å². The Labute approximate surface area is 132 Å². The van der Waals surface area contributed by atoms with E-state index in [-0.39, 0.29) is 35.7 Å². The summed E-state index contributed by atoms with van der Waals surface area (Å²) in [6.07, 6.45) is 0.247. The van der Waals surface area contributed by atoms with E-state index in [1.807, 2.05) is 6.92 Å². The Morgan fingerprint density at radius 1 is 1.27 bits per heavy atom. The summed E-state index contributed by atoms with van der Waals surface area (Å²) < 4.78 is 4.75. The maximum atomic E-state index is 12.2. The molecule has 120 valence electrons. The van der Waals surface area contributed by atoms with E-state index in [9.17, 15) is 9.59 Å². The number of amides is 1. The van der Waals surface area contributed by atoms with E-state index in [0.717, 1.165) is 5.56 Å². The highest BCUT2D eigenvalue weighted by Crippen LogP contribution is 2.30. The predicted molar refractivity (Wildman–Crippen MR) is 85.4 cm³/mol. The van der Waals surface area contributed by atoms with Gasteiger partial charge < -0.3 is 9.64 Å². The van der Waals surface area contributed by atoms with Gasteiger partial charge in [-0.05, 0) is 23.5 Å². The normalized spacial score (nSPS) is 20.1. The van der Waals surface area contributed by atoms with Gasteiger partial charge in [-0.3, -0.25) is 9.59 Å². The van der Waals surface area contributed by atoms with Gasteiger partial charge in [-0.25, -0.2) is 0 Å². The van der Waals surface area contributed by atoms with Gasteiger partial charge in [0.1, 0.15) is 0 Å². The van der Waals surface area contributed by atoms with Gasteiger partial charge in [0.2, 0.25) is 5.91 Å². The van der Waals surface area contributed by atoms with Crippen LogP contribution in [0.1, 0.15) is 51.3 Å². The van der Waals surface area contributed by atoms with Crippen LogP contribution in [0.5, 0.6) is 0 Å². The van der Waals surface area contributed by atoms with Crippen LogP contribution in [0.4, 0.5) is 0 Å². The molecule has 22 heavy (non-hydrogen) atoms. The zero-order valence-electron chi connectivity index (χ0n) is 14.1. The molecule has 0 aromatic heterocycles. The summed E-state index contributed by atoms with van der Waals surface area (Å²) in [5.41, 5.74) is 2.47. The minimum atomic E-state index is -0.339. The minimum absolute atomic E-state index is 0.0165. The number of nitrogens with zero attached hydrogens (tertiary/aromatic N) is 1. The van der Waals surface area contributed by atoms with Crippen molar-refractivity contribution in [2.45, 2.75) is 45.6 Å². The van der Waals surface area contributed by atoms with Gasteiger partial charge in [0.15, 0.2) is 0 Å². The first-order chi connectivity index (χ1) is 10.2. The summed E-state index contributed by atoms with van der Waals surface area (Å²) in [6, 6.07) is 8.35. The van der Waals surface area contributed by atoms with Crippen LogP contribution in [0.2, 0.25) is 0 Å². The fraction of sp³-hybridized carbons (Fsp3) is 0.556. The van der Waals surface area contributed by atoms with Crippen LogP contribution in [0.25, 0.3) is 0 Å². The van der Waals surface area contributed by atoms with E-state index >= 15 is 0 Å². The molecule has 0 aliphatic carbocycles. The smallest absolute Gasteiger partial charge is 0.310 e. The Balaban J connectivity index is 2.13. The molecule has 1 aromatic carbocycles. The summed E-state index contributed by atoms with van der Waals surface area (Å²) >= 11 is 0. The van der Waals surface area contributed by atoms with Crippen LogP contribution < -0.4 is 0 Å². The highest BCUT2D eigenvalue weighted by molar-refractivity contribution is 5.87. The van der Waals surface area contributed by atoms with Crippen LogP contribution in [-0.2, 0) is 19.7 Å². The number of carbonyl (C=O) groups excluding carboxylic acids is 2. The third-order valence-electron chi connectivity index (χ3n) is 4.42. The summed E-state index contributed by atoms with van der Waals surface area (Å²) in [5, 5.41) is 0. The van der Waals surface area contributed by atoms with Crippen molar-refractivity contribution < 1.29 is 14.3 Å². The lowest BCUT2D eigenvalue weighted by Crippen LogP contribution is -2.29. The summed E-state index contributed by atoms with van der Waals surface area (Å²) in [5.74, 6) is -0.622. The molecule has 4 nitrogen and oxygen atoms in total. The number of benzene rings is 1. The molecular formula is C18H25NO3. The van der Waals surface area contributed by atoms with Gasteiger partial charge in [0, 0.05) is 13.0 Å². The number of rotatable bonds is 3. The summed E-state index contributed by atoms with van der Waals surface area (Å²) in [7, 11) is 1.37. The molecule has 4 heteroatoms. The Bertz CT molecular complexity index is 557. The zero-order chi connectivity index (χ0) is 16.5. The predicted octanol–water partition coefficient (Wildman–Crippen LogP) is 3.07. The second-order valence-corrected chi connectivity index (χ2v) is 7.02. The molecule has 0 N–H and O–H groups in total. The molecule has 0 radical (unpaired) electrons. The maximum Gasteiger partial charge on any atom is 0.310 e. The number of likely N-dealkylation sites (tertiary alicyclic amines) is 1. The van der Waals surface area contributed by atoms with Crippen LogP contribution in [0.3, 0.4) is 0 Å². The first kappa shape index (κ1) is 16.5. The quantitative estimate of drug-likeness (QED) is 0.806. The average Bonchev–Trinajstić information content (AvgIpc) is 2.87. The highest BCUT2D eigenvalue weighted by atomic mass is 16.5. The maximum absolute atomic E-state index is 12.2. The SMILES string of the molecule is COC(=O)C1CC(=O)N(C(C)c2ccc(C(C)(C)C)cc2)C1. The molecule has 0 saturated carbocycles. The van der Waals surface area contributed by atoms with Gasteiger partial charge >= 0.3 is 5.97 Å². The number of ether oxygens (including phenoxy) is 1. The molecule has 0 bridgehead atoms. The Morgan fingerprint density at radius 3 is 2.36 bits per heavy atom. The second kappa shape index (κ2) is 6.11. The fourth-order valence-electron chi connectivity index (χ4n) is 2.87. The van der Waals surface area contributed by atoms with E-state index in [1.54, 1.807) is 4.90 Å². The van der Waals surface area contributed by atoms with Gasteiger partial charge in [0.25, 0.3) is 0 Å². The molecule has 1 saturated heterocycles. The molecule has 2 atom stereocenters.